The van der Waals surface area contributed by atoms with E-state index in [4.69, 9.17) is 4.74 Å². The van der Waals surface area contributed by atoms with Crippen LogP contribution in [0.5, 0.6) is 0 Å². The molecule has 3 nitrogen and oxygen atoms in total. The van der Waals surface area contributed by atoms with E-state index in [1.165, 1.54) is 52.1 Å². The van der Waals surface area contributed by atoms with Crippen molar-refractivity contribution in [1.29, 1.82) is 0 Å². The first-order chi connectivity index (χ1) is 15.9. The van der Waals surface area contributed by atoms with Gasteiger partial charge in [0.05, 0.1) is 12.7 Å². The molecule has 7 atom stereocenters. The average Bonchev–Trinajstić information content (AvgIpc) is 3.07. The summed E-state index contributed by atoms with van der Waals surface area (Å²) in [5, 5.41) is 10.9. The van der Waals surface area contributed by atoms with E-state index in [2.05, 4.69) is 48.5 Å². The molecule has 0 amide bonds. The van der Waals surface area contributed by atoms with Gasteiger partial charge >= 0.3 is 5.97 Å². The van der Waals surface area contributed by atoms with Crippen LogP contribution in [-0.2, 0) is 9.53 Å². The fourth-order valence-electron chi connectivity index (χ4n) is 9.41. The van der Waals surface area contributed by atoms with Gasteiger partial charge in [-0.1, -0.05) is 78.9 Å². The van der Waals surface area contributed by atoms with E-state index in [0.717, 1.165) is 30.6 Å². The van der Waals surface area contributed by atoms with Gasteiger partial charge < -0.3 is 9.84 Å². The second-order valence-corrected chi connectivity index (χ2v) is 13.5. The summed E-state index contributed by atoms with van der Waals surface area (Å²) in [6, 6.07) is 0. The fourth-order valence-corrected chi connectivity index (χ4v) is 9.41. The van der Waals surface area contributed by atoms with Crippen molar-refractivity contribution in [2.24, 2.45) is 45.8 Å². The summed E-state index contributed by atoms with van der Waals surface area (Å²) in [5.74, 6) is 2.75. The van der Waals surface area contributed by atoms with Gasteiger partial charge in [0, 0.05) is 5.92 Å². The molecule has 0 aromatic rings. The van der Waals surface area contributed by atoms with Crippen molar-refractivity contribution in [2.45, 2.75) is 113 Å². The maximum absolute atomic E-state index is 12.6. The summed E-state index contributed by atoms with van der Waals surface area (Å²) >= 11 is 0. The number of ether oxygens (including phenoxy) is 1. The molecule has 4 aliphatic carbocycles. The lowest BCUT2D eigenvalue weighted by Crippen LogP contribution is -2.50. The van der Waals surface area contributed by atoms with Crippen molar-refractivity contribution in [3.05, 3.63) is 22.5 Å². The predicted octanol–water partition coefficient (Wildman–Crippen LogP) is 8.40. The van der Waals surface area contributed by atoms with Gasteiger partial charge in [-0.15, -0.1) is 0 Å². The highest BCUT2D eigenvalue weighted by Crippen LogP contribution is 2.71. The van der Waals surface area contributed by atoms with E-state index in [-0.39, 0.29) is 28.5 Å². The molecule has 34 heavy (non-hydrogen) atoms. The van der Waals surface area contributed by atoms with Gasteiger partial charge in [-0.25, -0.2) is 4.79 Å². The molecule has 0 bridgehead atoms. The van der Waals surface area contributed by atoms with Crippen LogP contribution < -0.4 is 0 Å². The van der Waals surface area contributed by atoms with Gasteiger partial charge in [-0.3, -0.25) is 0 Å². The van der Waals surface area contributed by atoms with Gasteiger partial charge in [-0.2, -0.15) is 0 Å². The number of hydrogen-bond acceptors (Lipinski definition) is 3. The highest BCUT2D eigenvalue weighted by atomic mass is 16.5. The van der Waals surface area contributed by atoms with E-state index in [1.807, 2.05) is 0 Å². The molecule has 0 aromatic carbocycles. The van der Waals surface area contributed by atoms with Crippen LogP contribution >= 0.6 is 0 Å². The highest BCUT2D eigenvalue weighted by molar-refractivity contribution is 5.89. The molecule has 3 heteroatoms. The second-order valence-electron chi connectivity index (χ2n) is 13.5. The number of methoxy groups -OCH3 is 1. The number of hydrogen-bond donors (Lipinski definition) is 1. The molecule has 1 N–H and O–H groups in total. The van der Waals surface area contributed by atoms with Crippen LogP contribution in [0.2, 0.25) is 0 Å². The second kappa shape index (κ2) is 9.00. The quantitative estimate of drug-likeness (QED) is 0.313. The molecule has 0 saturated heterocycles. The highest BCUT2D eigenvalue weighted by Gasteiger charge is 2.62. The Hall–Kier alpha value is -1.25. The monoisotopic (exact) mass is 470 g/mol. The van der Waals surface area contributed by atoms with E-state index >= 15 is 0 Å². The third kappa shape index (κ3) is 3.70. The number of esters is 1. The lowest BCUT2D eigenvalue weighted by atomic mass is 9.45. The molecular formula is C31H50O3. The third-order valence-electron chi connectivity index (χ3n) is 11.6. The van der Waals surface area contributed by atoms with Crippen LogP contribution in [0.15, 0.2) is 22.5 Å². The molecule has 0 unspecified atom stereocenters. The lowest BCUT2D eigenvalue weighted by molar-refractivity contribution is -0.137. The molecule has 0 heterocycles. The Morgan fingerprint density at radius 2 is 1.76 bits per heavy atom. The maximum atomic E-state index is 12.6. The van der Waals surface area contributed by atoms with Gasteiger partial charge in [-0.05, 0) is 84.9 Å². The van der Waals surface area contributed by atoms with Crippen LogP contribution in [0.25, 0.3) is 0 Å². The number of carbonyl (C=O) groups is 1. The van der Waals surface area contributed by atoms with Crippen LogP contribution in [0.4, 0.5) is 0 Å². The van der Waals surface area contributed by atoms with Crippen LogP contribution in [-0.4, -0.2) is 18.2 Å². The Labute approximate surface area is 208 Å². The summed E-state index contributed by atoms with van der Waals surface area (Å²) in [4.78, 5) is 12.6. The number of fused-ring (bicyclic) bond motifs is 4. The molecule has 1 fully saturated rings. The van der Waals surface area contributed by atoms with Crippen molar-refractivity contribution in [3.63, 3.8) is 0 Å². The van der Waals surface area contributed by atoms with Gasteiger partial charge in [0.25, 0.3) is 0 Å². The van der Waals surface area contributed by atoms with Crippen molar-refractivity contribution in [2.75, 3.05) is 7.11 Å². The Morgan fingerprint density at radius 3 is 2.41 bits per heavy atom. The zero-order valence-corrected chi connectivity index (χ0v) is 23.2. The topological polar surface area (TPSA) is 46.5 Å². The SMILES string of the molecule is COC(=O)C1=C(O)[C@@H](C)[C@@H]2CCC3=C(CC[C@]4(C)[C@@H]([C@H](C)CCCC(C)C)CC[C@@]34C)[C@@]2(C)C1. The normalized spacial score (nSPS) is 40.7. The van der Waals surface area contributed by atoms with E-state index in [9.17, 15) is 9.90 Å². The molecule has 1 saturated carbocycles. The number of rotatable bonds is 6. The molecule has 4 aliphatic rings. The molecule has 192 valence electrons. The van der Waals surface area contributed by atoms with E-state index in [1.54, 1.807) is 11.1 Å². The first-order valence-corrected chi connectivity index (χ1v) is 14.1. The number of carbonyl (C=O) groups excluding carboxylic acids is 1. The molecule has 0 aliphatic heterocycles. The molecule has 0 radical (unpaired) electrons. The average molecular weight is 471 g/mol. The minimum absolute atomic E-state index is 0.0142. The van der Waals surface area contributed by atoms with Gasteiger partial charge in [0.2, 0.25) is 0 Å². The minimum atomic E-state index is -0.347. The van der Waals surface area contributed by atoms with E-state index in [0.29, 0.717) is 23.3 Å². The maximum Gasteiger partial charge on any atom is 0.337 e. The third-order valence-corrected chi connectivity index (χ3v) is 11.6. The van der Waals surface area contributed by atoms with Crippen molar-refractivity contribution >= 4 is 5.97 Å². The zero-order chi connectivity index (χ0) is 25.1. The Kier molecular flexibility index (Phi) is 6.84. The van der Waals surface area contributed by atoms with Crippen molar-refractivity contribution in [3.8, 4) is 0 Å². The first-order valence-electron chi connectivity index (χ1n) is 14.1. The number of allylic oxidation sites excluding steroid dienone is 3. The number of aliphatic hydroxyl groups is 1. The molecule has 0 aromatic heterocycles. The Balaban J connectivity index is 1.66. The summed E-state index contributed by atoms with van der Waals surface area (Å²) in [6.07, 6.45) is 12.1. The van der Waals surface area contributed by atoms with Crippen LogP contribution in [0.1, 0.15) is 113 Å². The Morgan fingerprint density at radius 1 is 1.06 bits per heavy atom. The molecule has 0 spiro atoms. The summed E-state index contributed by atoms with van der Waals surface area (Å²) in [5.41, 5.74) is 4.48. The largest absolute Gasteiger partial charge is 0.511 e. The predicted molar refractivity (Wildman–Crippen MR) is 139 cm³/mol. The molecule has 4 rings (SSSR count). The lowest BCUT2D eigenvalue weighted by Gasteiger charge is -2.59. The molecular weight excluding hydrogens is 420 g/mol. The smallest absolute Gasteiger partial charge is 0.337 e. The summed E-state index contributed by atoms with van der Waals surface area (Å²) in [7, 11) is 1.43. The van der Waals surface area contributed by atoms with E-state index < -0.39 is 0 Å². The minimum Gasteiger partial charge on any atom is -0.511 e. The van der Waals surface area contributed by atoms with Crippen LogP contribution in [0, 0.1) is 45.8 Å². The summed E-state index contributed by atoms with van der Waals surface area (Å²) in [6.45, 7) is 16.9. The zero-order valence-electron chi connectivity index (χ0n) is 23.2. The standard InChI is InChI=1S/C31H50O3/c1-19(2)10-9-11-20(3)23-14-16-31(7)26-13-12-24-21(4)27(32)22(28(33)34-8)18-29(24,5)25(26)15-17-30(23,31)6/h19-21,23-24,32H,9-18H2,1-8H3/t20-,21+,23-,24+,29+,30-,31+/m1/s1. The van der Waals surface area contributed by atoms with Crippen molar-refractivity contribution < 1.29 is 14.6 Å². The fraction of sp³-hybridized carbons (Fsp3) is 0.839. The Bertz CT molecular complexity index is 881. The van der Waals surface area contributed by atoms with Gasteiger partial charge in [0.15, 0.2) is 0 Å². The van der Waals surface area contributed by atoms with Gasteiger partial charge in [0.1, 0.15) is 5.76 Å². The van der Waals surface area contributed by atoms with Crippen molar-refractivity contribution in [1.82, 2.24) is 0 Å². The number of aliphatic hydroxyl groups excluding tert-OH is 1. The summed E-state index contributed by atoms with van der Waals surface area (Å²) < 4.78 is 5.09. The first kappa shape index (κ1) is 25.8. The van der Waals surface area contributed by atoms with Crippen LogP contribution in [0.3, 0.4) is 0 Å².